The van der Waals surface area contributed by atoms with E-state index in [0.717, 1.165) is 12.8 Å². The molecule has 1 heterocycles. The Labute approximate surface area is 174 Å². The Morgan fingerprint density at radius 3 is 2.24 bits per heavy atom. The van der Waals surface area contributed by atoms with Crippen molar-refractivity contribution in [2.24, 2.45) is 11.3 Å². The Morgan fingerprint density at radius 2 is 1.69 bits per heavy atom. The summed E-state index contributed by atoms with van der Waals surface area (Å²) in [5, 5.41) is 12.9. The number of hydrogen-bond acceptors (Lipinski definition) is 7. The van der Waals surface area contributed by atoms with Crippen LogP contribution in [0.4, 0.5) is 4.79 Å². The largest absolute Gasteiger partial charge is 0.463 e. The summed E-state index contributed by atoms with van der Waals surface area (Å²) in [5.74, 6) is -0.241. The van der Waals surface area contributed by atoms with E-state index >= 15 is 0 Å². The van der Waals surface area contributed by atoms with Crippen molar-refractivity contribution in [3.8, 4) is 0 Å². The summed E-state index contributed by atoms with van der Waals surface area (Å²) in [7, 11) is 0. The lowest BCUT2D eigenvalue weighted by Gasteiger charge is -2.24. The molecule has 1 rings (SSSR count). The molecule has 0 spiro atoms. The molecule has 1 fully saturated rings. The van der Waals surface area contributed by atoms with Crippen LogP contribution < -0.4 is 5.32 Å². The van der Waals surface area contributed by atoms with Gasteiger partial charge in [0, 0.05) is 12.5 Å². The smallest absolute Gasteiger partial charge is 0.407 e. The topological polar surface area (TPSA) is 103 Å². The van der Waals surface area contributed by atoms with Crippen molar-refractivity contribution in [2.45, 2.75) is 85.2 Å². The number of carbonyl (C=O) groups is 2. The predicted octanol–water partition coefficient (Wildman–Crippen LogP) is 3.01. The highest BCUT2D eigenvalue weighted by Crippen LogP contribution is 2.25. The second-order valence-corrected chi connectivity index (χ2v) is 9.52. The van der Waals surface area contributed by atoms with Gasteiger partial charge in [-0.15, -0.1) is 0 Å². The quantitative estimate of drug-likeness (QED) is 0.416. The minimum atomic E-state index is -0.731. The van der Waals surface area contributed by atoms with E-state index in [2.05, 4.69) is 5.32 Å². The summed E-state index contributed by atoms with van der Waals surface area (Å²) < 4.78 is 21.7. The molecule has 170 valence electrons. The number of amides is 1. The molecule has 1 aliphatic heterocycles. The highest BCUT2D eigenvalue weighted by Gasteiger charge is 2.28. The van der Waals surface area contributed by atoms with E-state index in [0.29, 0.717) is 32.6 Å². The van der Waals surface area contributed by atoms with Crippen LogP contribution in [0.5, 0.6) is 0 Å². The van der Waals surface area contributed by atoms with Crippen molar-refractivity contribution in [2.75, 3.05) is 26.4 Å². The van der Waals surface area contributed by atoms with Crippen LogP contribution in [0.25, 0.3) is 0 Å². The van der Waals surface area contributed by atoms with Gasteiger partial charge in [-0.2, -0.15) is 0 Å². The first-order valence-electron chi connectivity index (χ1n) is 10.4. The Balaban J connectivity index is 2.37. The van der Waals surface area contributed by atoms with Gasteiger partial charge in [0.1, 0.15) is 12.2 Å². The third-order valence-electron chi connectivity index (χ3n) is 4.34. The Bertz CT molecular complexity index is 504. The maximum absolute atomic E-state index is 11.8. The number of rotatable bonds is 10. The van der Waals surface area contributed by atoms with Gasteiger partial charge in [-0.3, -0.25) is 4.79 Å². The highest BCUT2D eigenvalue weighted by molar-refractivity contribution is 5.75. The van der Waals surface area contributed by atoms with Gasteiger partial charge in [-0.25, -0.2) is 4.79 Å². The molecule has 0 aromatic heterocycles. The van der Waals surface area contributed by atoms with Crippen molar-refractivity contribution < 1.29 is 33.6 Å². The summed E-state index contributed by atoms with van der Waals surface area (Å²) in [6.07, 6.45) is 1.19. The number of alkyl carbamates (subject to hydrolysis) is 1. The third kappa shape index (κ3) is 11.4. The van der Waals surface area contributed by atoms with E-state index in [-0.39, 0.29) is 24.8 Å². The zero-order chi connectivity index (χ0) is 22.1. The van der Waals surface area contributed by atoms with E-state index in [1.807, 2.05) is 20.8 Å². The molecule has 0 saturated carbocycles. The number of carbonyl (C=O) groups excluding carboxylic acids is 2. The fourth-order valence-electron chi connectivity index (χ4n) is 2.81. The average molecular weight is 418 g/mol. The number of hydrogen-bond donors (Lipinski definition) is 2. The molecule has 0 bridgehead atoms. The fraction of sp³-hybridized carbons (Fsp3) is 0.905. The number of aliphatic hydroxyl groups is 1. The molecule has 29 heavy (non-hydrogen) atoms. The minimum Gasteiger partial charge on any atom is -0.463 e. The number of esters is 1. The Hall–Kier alpha value is -1.38. The second-order valence-electron chi connectivity index (χ2n) is 9.52. The van der Waals surface area contributed by atoms with Crippen LogP contribution in [0.3, 0.4) is 0 Å². The minimum absolute atomic E-state index is 0.0184. The Morgan fingerprint density at radius 1 is 1.07 bits per heavy atom. The van der Waals surface area contributed by atoms with Crippen LogP contribution in [0.15, 0.2) is 0 Å². The summed E-state index contributed by atoms with van der Waals surface area (Å²) in [5.41, 5.74) is -1.11. The predicted molar refractivity (Wildman–Crippen MR) is 108 cm³/mol. The lowest BCUT2D eigenvalue weighted by Crippen LogP contribution is -2.33. The molecule has 0 aromatic rings. The molecular formula is C21H39NO7. The van der Waals surface area contributed by atoms with Crippen LogP contribution in [-0.4, -0.2) is 61.5 Å². The van der Waals surface area contributed by atoms with Gasteiger partial charge < -0.3 is 29.4 Å². The highest BCUT2D eigenvalue weighted by atomic mass is 16.7. The van der Waals surface area contributed by atoms with Crippen molar-refractivity contribution in [3.63, 3.8) is 0 Å². The van der Waals surface area contributed by atoms with Crippen molar-refractivity contribution in [3.05, 3.63) is 0 Å². The molecule has 0 aromatic carbocycles. The van der Waals surface area contributed by atoms with E-state index < -0.39 is 23.2 Å². The molecule has 0 aliphatic carbocycles. The van der Waals surface area contributed by atoms with E-state index in [1.54, 1.807) is 20.8 Å². The molecule has 8 nitrogen and oxygen atoms in total. The Kier molecular flexibility index (Phi) is 10.4. The lowest BCUT2D eigenvalue weighted by atomic mass is 9.95. The first-order valence-corrected chi connectivity index (χ1v) is 10.4. The zero-order valence-electron chi connectivity index (χ0n) is 18.8. The van der Waals surface area contributed by atoms with Crippen molar-refractivity contribution in [1.29, 1.82) is 0 Å². The van der Waals surface area contributed by atoms with Gasteiger partial charge in [-0.1, -0.05) is 0 Å². The maximum Gasteiger partial charge on any atom is 0.407 e. The van der Waals surface area contributed by atoms with Crippen molar-refractivity contribution in [1.82, 2.24) is 5.32 Å². The fourth-order valence-corrected chi connectivity index (χ4v) is 2.81. The lowest BCUT2D eigenvalue weighted by molar-refractivity contribution is -0.156. The van der Waals surface area contributed by atoms with Crippen LogP contribution in [0.2, 0.25) is 0 Å². The van der Waals surface area contributed by atoms with Gasteiger partial charge in [0.15, 0.2) is 6.29 Å². The maximum atomic E-state index is 11.8. The number of aliphatic hydroxyl groups excluding tert-OH is 1. The summed E-state index contributed by atoms with van der Waals surface area (Å²) in [6, 6.07) is 0. The molecule has 2 atom stereocenters. The molecule has 1 amide bonds. The molecule has 2 N–H and O–H groups in total. The van der Waals surface area contributed by atoms with Gasteiger partial charge in [0.05, 0.1) is 24.7 Å². The van der Waals surface area contributed by atoms with Gasteiger partial charge in [0.2, 0.25) is 0 Å². The normalized spacial score (nSPS) is 17.6. The van der Waals surface area contributed by atoms with Gasteiger partial charge in [-0.05, 0) is 67.2 Å². The average Bonchev–Trinajstić information content (AvgIpc) is 3.10. The summed E-state index contributed by atoms with van der Waals surface area (Å²) in [6.45, 7) is 12.4. The van der Waals surface area contributed by atoms with Gasteiger partial charge >= 0.3 is 12.1 Å². The summed E-state index contributed by atoms with van der Waals surface area (Å²) >= 11 is 0. The first kappa shape index (κ1) is 25.7. The molecule has 2 unspecified atom stereocenters. The standard InChI is InChI=1S/C21H39NO7/c1-20(2,3)18(24)28-14-16(23)10-9-15(17-26-12-13-27-17)8-7-11-22-19(25)29-21(4,5)6/h15-17,23H,7-14H2,1-6H3,(H,22,25). The number of ether oxygens (including phenoxy) is 4. The zero-order valence-corrected chi connectivity index (χ0v) is 18.8. The van der Waals surface area contributed by atoms with Crippen LogP contribution >= 0.6 is 0 Å². The summed E-state index contributed by atoms with van der Waals surface area (Å²) in [4.78, 5) is 23.5. The van der Waals surface area contributed by atoms with E-state index in [4.69, 9.17) is 18.9 Å². The molecule has 1 saturated heterocycles. The van der Waals surface area contributed by atoms with Crippen molar-refractivity contribution >= 4 is 12.1 Å². The van der Waals surface area contributed by atoms with E-state index in [9.17, 15) is 14.7 Å². The van der Waals surface area contributed by atoms with E-state index in [1.165, 1.54) is 0 Å². The molecular weight excluding hydrogens is 378 g/mol. The second kappa shape index (κ2) is 11.7. The van der Waals surface area contributed by atoms with Crippen LogP contribution in [0.1, 0.15) is 67.2 Å². The van der Waals surface area contributed by atoms with Crippen LogP contribution in [-0.2, 0) is 23.7 Å². The van der Waals surface area contributed by atoms with Gasteiger partial charge in [0.25, 0.3) is 0 Å². The third-order valence-corrected chi connectivity index (χ3v) is 4.34. The van der Waals surface area contributed by atoms with Crippen LogP contribution in [0, 0.1) is 11.3 Å². The molecule has 0 radical (unpaired) electrons. The number of nitrogens with one attached hydrogen (secondary N) is 1. The molecule has 8 heteroatoms. The SMILES string of the molecule is CC(C)(C)OC(=O)NCCCC(CCC(O)COC(=O)C(C)(C)C)C1OCCO1. The first-order chi connectivity index (χ1) is 13.4. The molecule has 1 aliphatic rings. The monoisotopic (exact) mass is 417 g/mol.